The second-order valence-corrected chi connectivity index (χ2v) is 10.8. The summed E-state index contributed by atoms with van der Waals surface area (Å²) in [4.78, 5) is 11.7. The van der Waals surface area contributed by atoms with Crippen molar-refractivity contribution < 1.29 is 9.90 Å². The van der Waals surface area contributed by atoms with Crippen molar-refractivity contribution in [2.45, 2.75) is 89.9 Å². The average Bonchev–Trinajstić information content (AvgIpc) is 2.84. The standard InChI is InChI=1S/C30H42N2O2/c1-2-3-4-5-20-6-8-21(9-7-20)22-10-12-23(13-11-22)24-14-16-25(17-15-24)29-27(30(33)34)18-26(31)19-28(29)32/h14-23H,2-13,31-32H2,1H3,(H,33,34). The van der Waals surface area contributed by atoms with Crippen molar-refractivity contribution in [3.8, 4) is 11.1 Å². The Morgan fingerprint density at radius 3 is 2.09 bits per heavy atom. The maximum Gasteiger partial charge on any atom is 0.336 e. The Morgan fingerprint density at radius 1 is 0.882 bits per heavy atom. The van der Waals surface area contributed by atoms with Crippen molar-refractivity contribution in [3.63, 3.8) is 0 Å². The molecule has 0 aromatic heterocycles. The van der Waals surface area contributed by atoms with Crippen LogP contribution in [0.3, 0.4) is 0 Å². The van der Waals surface area contributed by atoms with Crippen LogP contribution in [0.5, 0.6) is 0 Å². The molecule has 4 heteroatoms. The van der Waals surface area contributed by atoms with Crippen LogP contribution in [0.1, 0.15) is 106 Å². The molecule has 2 aliphatic rings. The molecular formula is C30H42N2O2. The number of aromatic carboxylic acids is 1. The van der Waals surface area contributed by atoms with E-state index in [1.54, 1.807) is 6.07 Å². The second kappa shape index (κ2) is 11.3. The van der Waals surface area contributed by atoms with Crippen molar-refractivity contribution >= 4 is 17.3 Å². The van der Waals surface area contributed by atoms with Gasteiger partial charge < -0.3 is 16.6 Å². The fraction of sp³-hybridized carbons (Fsp3) is 0.567. The number of unbranched alkanes of at least 4 members (excludes halogenated alkanes) is 2. The van der Waals surface area contributed by atoms with Gasteiger partial charge in [-0.05, 0) is 85.5 Å². The zero-order chi connectivity index (χ0) is 24.1. The molecule has 34 heavy (non-hydrogen) atoms. The molecule has 4 rings (SSSR count). The highest BCUT2D eigenvalue weighted by Gasteiger charge is 2.31. The lowest BCUT2D eigenvalue weighted by molar-refractivity contribution is 0.0698. The number of hydrogen-bond donors (Lipinski definition) is 3. The summed E-state index contributed by atoms with van der Waals surface area (Å²) in [7, 11) is 0. The maximum atomic E-state index is 11.7. The van der Waals surface area contributed by atoms with Gasteiger partial charge in [-0.1, -0.05) is 69.7 Å². The maximum absolute atomic E-state index is 11.7. The zero-order valence-corrected chi connectivity index (χ0v) is 20.8. The smallest absolute Gasteiger partial charge is 0.336 e. The lowest BCUT2D eigenvalue weighted by Crippen LogP contribution is -2.25. The first-order valence-corrected chi connectivity index (χ1v) is 13.5. The van der Waals surface area contributed by atoms with Gasteiger partial charge in [0, 0.05) is 16.9 Å². The van der Waals surface area contributed by atoms with Gasteiger partial charge in [0.05, 0.1) is 5.56 Å². The normalized spacial score (nSPS) is 25.2. The molecule has 0 aliphatic heterocycles. The molecule has 0 saturated heterocycles. The van der Waals surface area contributed by atoms with Crippen LogP contribution in [0.2, 0.25) is 0 Å². The van der Waals surface area contributed by atoms with Crippen molar-refractivity contribution in [2.75, 3.05) is 11.5 Å². The lowest BCUT2D eigenvalue weighted by Gasteiger charge is -2.38. The van der Waals surface area contributed by atoms with Crippen LogP contribution in [0.4, 0.5) is 11.4 Å². The first-order chi connectivity index (χ1) is 16.5. The van der Waals surface area contributed by atoms with Crippen molar-refractivity contribution in [1.29, 1.82) is 0 Å². The third-order valence-corrected chi connectivity index (χ3v) is 8.64. The monoisotopic (exact) mass is 462 g/mol. The number of anilines is 2. The Kier molecular flexibility index (Phi) is 8.18. The van der Waals surface area contributed by atoms with Gasteiger partial charge in [0.2, 0.25) is 0 Å². The Bertz CT molecular complexity index is 953. The molecule has 5 N–H and O–H groups in total. The molecule has 0 radical (unpaired) electrons. The molecule has 184 valence electrons. The minimum atomic E-state index is -1.01. The fourth-order valence-electron chi connectivity index (χ4n) is 6.66. The topological polar surface area (TPSA) is 89.3 Å². The molecule has 2 aromatic carbocycles. The first-order valence-electron chi connectivity index (χ1n) is 13.5. The molecule has 0 unspecified atom stereocenters. The molecular weight excluding hydrogens is 420 g/mol. The number of rotatable bonds is 8. The minimum absolute atomic E-state index is 0.158. The van der Waals surface area contributed by atoms with Gasteiger partial charge in [-0.3, -0.25) is 0 Å². The molecule has 2 aliphatic carbocycles. The van der Waals surface area contributed by atoms with Crippen LogP contribution < -0.4 is 11.5 Å². The number of nitrogen functional groups attached to an aromatic ring is 2. The van der Waals surface area contributed by atoms with Crippen LogP contribution in [-0.2, 0) is 0 Å². The largest absolute Gasteiger partial charge is 0.478 e. The highest BCUT2D eigenvalue weighted by Crippen LogP contribution is 2.45. The number of carbonyl (C=O) groups is 1. The summed E-state index contributed by atoms with van der Waals surface area (Å²) in [5.41, 5.74) is 15.7. The summed E-state index contributed by atoms with van der Waals surface area (Å²) < 4.78 is 0. The molecule has 4 nitrogen and oxygen atoms in total. The predicted octanol–water partition coefficient (Wildman–Crippen LogP) is 7.88. The van der Waals surface area contributed by atoms with E-state index in [2.05, 4.69) is 19.1 Å². The van der Waals surface area contributed by atoms with Gasteiger partial charge in [-0.25, -0.2) is 4.79 Å². The van der Waals surface area contributed by atoms with Gasteiger partial charge in [0.1, 0.15) is 0 Å². The quantitative estimate of drug-likeness (QED) is 0.275. The molecule has 2 aromatic rings. The summed E-state index contributed by atoms with van der Waals surface area (Å²) in [6.07, 6.45) is 16.7. The Hall–Kier alpha value is -2.49. The Morgan fingerprint density at radius 2 is 1.50 bits per heavy atom. The SMILES string of the molecule is CCCCCC1CCC(C2CCC(c3ccc(-c4c(N)cc(N)cc4C(=O)O)cc3)CC2)CC1. The predicted molar refractivity (Wildman–Crippen MR) is 142 cm³/mol. The number of nitrogens with two attached hydrogens (primary N) is 2. The lowest BCUT2D eigenvalue weighted by atomic mass is 9.68. The summed E-state index contributed by atoms with van der Waals surface area (Å²) in [5, 5.41) is 9.62. The molecule has 0 amide bonds. The van der Waals surface area contributed by atoms with E-state index in [0.717, 1.165) is 23.3 Å². The third-order valence-electron chi connectivity index (χ3n) is 8.64. The number of benzene rings is 2. The number of carboxylic acid groups (broad SMARTS) is 1. The van der Waals surface area contributed by atoms with Crippen molar-refractivity contribution in [2.24, 2.45) is 17.8 Å². The zero-order valence-electron chi connectivity index (χ0n) is 20.8. The molecule has 0 bridgehead atoms. The van der Waals surface area contributed by atoms with E-state index in [1.807, 2.05) is 12.1 Å². The van der Waals surface area contributed by atoms with Crippen LogP contribution >= 0.6 is 0 Å². The Labute approximate surface area is 205 Å². The Balaban J connectivity index is 1.33. The van der Waals surface area contributed by atoms with Crippen molar-refractivity contribution in [1.82, 2.24) is 0 Å². The summed E-state index contributed by atoms with van der Waals surface area (Å²) in [6.45, 7) is 2.30. The van der Waals surface area contributed by atoms with Crippen LogP contribution in [0.15, 0.2) is 36.4 Å². The van der Waals surface area contributed by atoms with Crippen LogP contribution in [-0.4, -0.2) is 11.1 Å². The van der Waals surface area contributed by atoms with E-state index in [9.17, 15) is 9.90 Å². The van der Waals surface area contributed by atoms with Gasteiger partial charge in [-0.15, -0.1) is 0 Å². The first kappa shape index (κ1) is 24.6. The van der Waals surface area contributed by atoms with Crippen LogP contribution in [0, 0.1) is 17.8 Å². The van der Waals surface area contributed by atoms with E-state index in [0.29, 0.717) is 22.9 Å². The molecule has 2 fully saturated rings. The van der Waals surface area contributed by atoms with Gasteiger partial charge >= 0.3 is 5.97 Å². The van der Waals surface area contributed by atoms with E-state index in [-0.39, 0.29) is 5.56 Å². The average molecular weight is 463 g/mol. The van der Waals surface area contributed by atoms with Gasteiger partial charge in [0.15, 0.2) is 0 Å². The second-order valence-electron chi connectivity index (χ2n) is 10.8. The molecule has 0 atom stereocenters. The summed E-state index contributed by atoms with van der Waals surface area (Å²) in [5.74, 6) is 2.47. The fourth-order valence-corrected chi connectivity index (χ4v) is 6.66. The van der Waals surface area contributed by atoms with Gasteiger partial charge in [-0.2, -0.15) is 0 Å². The van der Waals surface area contributed by atoms with E-state index < -0.39 is 5.97 Å². The van der Waals surface area contributed by atoms with E-state index in [4.69, 9.17) is 11.5 Å². The molecule has 0 spiro atoms. The van der Waals surface area contributed by atoms with E-state index >= 15 is 0 Å². The molecule has 2 saturated carbocycles. The molecule has 0 heterocycles. The minimum Gasteiger partial charge on any atom is -0.478 e. The van der Waals surface area contributed by atoms with Crippen LogP contribution in [0.25, 0.3) is 11.1 Å². The summed E-state index contributed by atoms with van der Waals surface area (Å²) >= 11 is 0. The number of hydrogen-bond acceptors (Lipinski definition) is 3. The highest BCUT2D eigenvalue weighted by atomic mass is 16.4. The highest BCUT2D eigenvalue weighted by molar-refractivity contribution is 6.01. The van der Waals surface area contributed by atoms with Crippen molar-refractivity contribution in [3.05, 3.63) is 47.5 Å². The third kappa shape index (κ3) is 5.76. The van der Waals surface area contributed by atoms with Gasteiger partial charge in [0.25, 0.3) is 0 Å². The number of carboxylic acids is 1. The van der Waals surface area contributed by atoms with E-state index in [1.165, 1.54) is 88.7 Å². The summed E-state index contributed by atoms with van der Waals surface area (Å²) in [6, 6.07) is 11.5.